The average molecular weight is 337 g/mol. The molecule has 10 heteroatoms. The summed E-state index contributed by atoms with van der Waals surface area (Å²) in [6, 6.07) is 2.83. The molecule has 0 saturated carbocycles. The van der Waals surface area contributed by atoms with Crippen LogP contribution in [0.5, 0.6) is 0 Å². The Labute approximate surface area is 123 Å². The summed E-state index contributed by atoms with van der Waals surface area (Å²) in [5.41, 5.74) is -0.587. The Morgan fingerprint density at radius 2 is 2.14 bits per heavy atom. The van der Waals surface area contributed by atoms with Gasteiger partial charge in [-0.1, -0.05) is 0 Å². The lowest BCUT2D eigenvalue weighted by Crippen LogP contribution is -2.26. The summed E-state index contributed by atoms with van der Waals surface area (Å²) in [4.78, 5) is 22.9. The molecule has 1 fully saturated rings. The lowest BCUT2D eigenvalue weighted by Gasteiger charge is -2.17. The van der Waals surface area contributed by atoms with Gasteiger partial charge in [0, 0.05) is 41.7 Å². The predicted octanol–water partition coefficient (Wildman–Crippen LogP) is 1.66. The first-order chi connectivity index (χ1) is 9.67. The number of carbonyl (C=O) groups is 1. The summed E-state index contributed by atoms with van der Waals surface area (Å²) in [6.45, 7) is -0.0527. The summed E-state index contributed by atoms with van der Waals surface area (Å²) < 4.78 is 35.8. The summed E-state index contributed by atoms with van der Waals surface area (Å²) in [5.74, 6) is -2.27. The smallest absolute Gasteiger partial charge is 0.271 e. The van der Waals surface area contributed by atoms with E-state index in [0.29, 0.717) is 0 Å². The molecule has 114 valence electrons. The molecule has 0 aromatic heterocycles. The lowest BCUT2D eigenvalue weighted by atomic mass is 10.1. The Morgan fingerprint density at radius 3 is 2.71 bits per heavy atom. The number of hydrogen-bond donors (Lipinski definition) is 0. The molecule has 0 radical (unpaired) electrons. The Morgan fingerprint density at radius 1 is 1.48 bits per heavy atom. The third kappa shape index (κ3) is 3.67. The van der Waals surface area contributed by atoms with Gasteiger partial charge in [-0.25, -0.2) is 12.8 Å². The Kier molecular flexibility index (Phi) is 4.15. The number of carbonyl (C=O) groups excluding carboxylic acids is 1. The van der Waals surface area contributed by atoms with Crippen LogP contribution in [0.15, 0.2) is 18.2 Å². The average Bonchev–Trinajstić information content (AvgIpc) is 2.67. The quantitative estimate of drug-likeness (QED) is 0.473. The second kappa shape index (κ2) is 5.57. The van der Waals surface area contributed by atoms with E-state index in [4.69, 9.17) is 10.7 Å². The molecule has 0 bridgehead atoms. The minimum atomic E-state index is -3.78. The van der Waals surface area contributed by atoms with E-state index in [1.54, 1.807) is 0 Å². The molecular formula is C11H10ClFN2O5S. The van der Waals surface area contributed by atoms with Crippen LogP contribution in [0.2, 0.25) is 0 Å². The minimum Gasteiger partial charge on any atom is -0.309 e. The molecule has 21 heavy (non-hydrogen) atoms. The van der Waals surface area contributed by atoms with Crippen LogP contribution >= 0.6 is 10.7 Å². The van der Waals surface area contributed by atoms with E-state index in [1.807, 2.05) is 0 Å². The summed E-state index contributed by atoms with van der Waals surface area (Å²) >= 11 is 0. The van der Waals surface area contributed by atoms with Crippen molar-refractivity contribution in [1.82, 2.24) is 0 Å². The van der Waals surface area contributed by atoms with E-state index in [-0.39, 0.29) is 24.3 Å². The summed E-state index contributed by atoms with van der Waals surface area (Å²) in [5, 5.41) is 10.7. The number of rotatable bonds is 4. The third-order valence-electron chi connectivity index (χ3n) is 3.07. The van der Waals surface area contributed by atoms with Crippen LogP contribution in [0.3, 0.4) is 0 Å². The molecule has 1 aliphatic heterocycles. The van der Waals surface area contributed by atoms with Gasteiger partial charge < -0.3 is 4.90 Å². The highest BCUT2D eigenvalue weighted by Crippen LogP contribution is 2.31. The van der Waals surface area contributed by atoms with Gasteiger partial charge in [-0.05, 0) is 6.07 Å². The van der Waals surface area contributed by atoms with E-state index in [2.05, 4.69) is 0 Å². The van der Waals surface area contributed by atoms with Crippen LogP contribution in [-0.4, -0.2) is 31.5 Å². The standard InChI is InChI=1S/C11H10ClFN2O5S/c12-21(19,20)6-7-3-11(16)14(5-7)10-4-8(15(17)18)1-2-9(10)13/h1-2,4,7H,3,5-6H2. The van der Waals surface area contributed by atoms with Gasteiger partial charge in [-0.2, -0.15) is 0 Å². The molecule has 1 aromatic carbocycles. The van der Waals surface area contributed by atoms with Crippen LogP contribution < -0.4 is 4.90 Å². The number of amides is 1. The largest absolute Gasteiger partial charge is 0.309 e. The third-order valence-corrected chi connectivity index (χ3v) is 4.32. The maximum atomic E-state index is 13.8. The maximum Gasteiger partial charge on any atom is 0.271 e. The van der Waals surface area contributed by atoms with Crippen molar-refractivity contribution in [2.24, 2.45) is 5.92 Å². The van der Waals surface area contributed by atoms with Gasteiger partial charge in [0.1, 0.15) is 5.82 Å². The van der Waals surface area contributed by atoms with Crippen molar-refractivity contribution in [3.05, 3.63) is 34.1 Å². The van der Waals surface area contributed by atoms with Crippen LogP contribution in [0.25, 0.3) is 0 Å². The van der Waals surface area contributed by atoms with Gasteiger partial charge in [0.15, 0.2) is 0 Å². The van der Waals surface area contributed by atoms with Crippen LogP contribution in [0.4, 0.5) is 15.8 Å². The van der Waals surface area contributed by atoms with Gasteiger partial charge in [0.05, 0.1) is 16.4 Å². The van der Waals surface area contributed by atoms with Gasteiger partial charge in [0.2, 0.25) is 15.0 Å². The highest BCUT2D eigenvalue weighted by molar-refractivity contribution is 8.13. The molecule has 1 aliphatic rings. The fourth-order valence-electron chi connectivity index (χ4n) is 2.23. The van der Waals surface area contributed by atoms with E-state index in [1.165, 1.54) is 0 Å². The normalized spacial score (nSPS) is 19.0. The number of hydrogen-bond acceptors (Lipinski definition) is 5. The van der Waals surface area contributed by atoms with E-state index in [0.717, 1.165) is 23.1 Å². The van der Waals surface area contributed by atoms with Gasteiger partial charge >= 0.3 is 0 Å². The zero-order valence-corrected chi connectivity index (χ0v) is 12.1. The second-order valence-electron chi connectivity index (χ2n) is 4.67. The molecule has 0 aliphatic carbocycles. The predicted molar refractivity (Wildman–Crippen MR) is 73.2 cm³/mol. The number of halogens is 2. The highest BCUT2D eigenvalue weighted by atomic mass is 35.7. The Hall–Kier alpha value is -1.74. The molecule has 1 unspecified atom stereocenters. The summed E-state index contributed by atoms with van der Waals surface area (Å²) in [7, 11) is 1.35. The molecule has 1 amide bonds. The van der Waals surface area contributed by atoms with Crippen molar-refractivity contribution >= 4 is 37.0 Å². The molecule has 1 aromatic rings. The van der Waals surface area contributed by atoms with E-state index in [9.17, 15) is 27.7 Å². The SMILES string of the molecule is O=C1CC(CS(=O)(=O)Cl)CN1c1cc([N+](=O)[O-])ccc1F. The molecule has 0 N–H and O–H groups in total. The lowest BCUT2D eigenvalue weighted by molar-refractivity contribution is -0.384. The Bertz CT molecular complexity index is 709. The number of nitro benzene ring substituents is 1. The van der Waals surface area contributed by atoms with Crippen LogP contribution in [0, 0.1) is 21.8 Å². The van der Waals surface area contributed by atoms with Crippen LogP contribution in [0.1, 0.15) is 6.42 Å². The zero-order chi connectivity index (χ0) is 15.8. The fourth-order valence-corrected chi connectivity index (χ4v) is 3.55. The molecule has 1 atom stereocenters. The van der Waals surface area contributed by atoms with Gasteiger partial charge in [-0.15, -0.1) is 0 Å². The monoisotopic (exact) mass is 336 g/mol. The van der Waals surface area contributed by atoms with Crippen molar-refractivity contribution in [3.63, 3.8) is 0 Å². The zero-order valence-electron chi connectivity index (χ0n) is 10.5. The molecule has 1 saturated heterocycles. The highest BCUT2D eigenvalue weighted by Gasteiger charge is 2.35. The number of benzene rings is 1. The first-order valence-electron chi connectivity index (χ1n) is 5.84. The maximum absolute atomic E-state index is 13.8. The first kappa shape index (κ1) is 15.6. The van der Waals surface area contributed by atoms with Gasteiger partial charge in [-0.3, -0.25) is 14.9 Å². The molecule has 2 rings (SSSR count). The van der Waals surface area contributed by atoms with Crippen molar-refractivity contribution in [1.29, 1.82) is 0 Å². The van der Waals surface area contributed by atoms with Gasteiger partial charge in [0.25, 0.3) is 5.69 Å². The Balaban J connectivity index is 2.28. The first-order valence-corrected chi connectivity index (χ1v) is 8.32. The fraction of sp³-hybridized carbons (Fsp3) is 0.364. The van der Waals surface area contributed by atoms with Crippen molar-refractivity contribution in [2.75, 3.05) is 17.2 Å². The number of anilines is 1. The van der Waals surface area contributed by atoms with Crippen molar-refractivity contribution < 1.29 is 22.5 Å². The topological polar surface area (TPSA) is 97.6 Å². The summed E-state index contributed by atoms with van der Waals surface area (Å²) in [6.07, 6.45) is -0.103. The van der Waals surface area contributed by atoms with E-state index >= 15 is 0 Å². The van der Waals surface area contributed by atoms with Crippen molar-refractivity contribution in [3.8, 4) is 0 Å². The molecule has 0 spiro atoms. The van der Waals surface area contributed by atoms with Crippen molar-refractivity contribution in [2.45, 2.75) is 6.42 Å². The minimum absolute atomic E-state index is 0.0527. The second-order valence-corrected chi connectivity index (χ2v) is 7.49. The molecular weight excluding hydrogens is 327 g/mol. The number of non-ortho nitro benzene ring substituents is 1. The number of nitro groups is 1. The van der Waals surface area contributed by atoms with Crippen LogP contribution in [-0.2, 0) is 13.8 Å². The van der Waals surface area contributed by atoms with E-state index < -0.39 is 37.4 Å². The molecule has 1 heterocycles. The molecule has 7 nitrogen and oxygen atoms in total. The number of nitrogens with zero attached hydrogens (tertiary/aromatic N) is 2.